The molecule has 0 bridgehead atoms. The molecule has 0 spiro atoms. The van der Waals surface area contributed by atoms with Crippen molar-refractivity contribution in [3.63, 3.8) is 0 Å². The molecule has 0 aliphatic carbocycles. The molecule has 0 radical (unpaired) electrons. The molecule has 1 aliphatic rings. The molecular weight excluding hydrogens is 360 g/mol. The number of carbonyl (C=O) groups is 1. The van der Waals surface area contributed by atoms with Crippen molar-refractivity contribution in [2.75, 3.05) is 24.5 Å². The molecule has 2 aromatic carbocycles. The molecule has 0 saturated carbocycles. The highest BCUT2D eigenvalue weighted by molar-refractivity contribution is 5.99. The van der Waals surface area contributed by atoms with Gasteiger partial charge in [0, 0.05) is 42.3 Å². The Morgan fingerprint density at radius 2 is 2.00 bits per heavy atom. The molecule has 146 valence electrons. The number of aryl methyl sites for hydroxylation is 2. The molecule has 2 N–H and O–H groups in total. The number of rotatable bonds is 4. The SMILES string of the molecule is Cc1cc(C)c2cc(C(=O)NCC3CCN(c4ccc(F)c(F)c4)C3)[nH]c2c1. The topological polar surface area (TPSA) is 48.1 Å². The molecule has 1 amide bonds. The molecule has 4 nitrogen and oxygen atoms in total. The van der Waals surface area contributed by atoms with E-state index in [0.29, 0.717) is 24.5 Å². The van der Waals surface area contributed by atoms with Crippen LogP contribution in [-0.2, 0) is 0 Å². The first kappa shape index (κ1) is 18.5. The lowest BCUT2D eigenvalue weighted by Gasteiger charge is -2.19. The quantitative estimate of drug-likeness (QED) is 0.705. The number of fused-ring (bicyclic) bond motifs is 1. The molecule has 1 aliphatic heterocycles. The maximum atomic E-state index is 13.5. The molecule has 2 heterocycles. The predicted molar refractivity (Wildman–Crippen MR) is 107 cm³/mol. The van der Waals surface area contributed by atoms with Gasteiger partial charge in [0.2, 0.25) is 0 Å². The fourth-order valence-corrected chi connectivity index (χ4v) is 3.97. The standard InChI is InChI=1S/C22H23F2N3O/c1-13-7-14(2)17-10-21(26-20(17)8-13)22(28)25-11-15-5-6-27(12-15)16-3-4-18(23)19(24)9-16/h3-4,7-10,15,26H,5-6,11-12H2,1-2H3,(H,25,28). The van der Waals surface area contributed by atoms with Crippen LogP contribution < -0.4 is 10.2 Å². The number of H-pyrrole nitrogens is 1. The van der Waals surface area contributed by atoms with Crippen LogP contribution in [-0.4, -0.2) is 30.5 Å². The number of hydrogen-bond acceptors (Lipinski definition) is 2. The van der Waals surface area contributed by atoms with Crippen molar-refractivity contribution in [1.29, 1.82) is 0 Å². The number of benzene rings is 2. The van der Waals surface area contributed by atoms with Crippen LogP contribution in [0.3, 0.4) is 0 Å². The first-order chi connectivity index (χ1) is 13.4. The van der Waals surface area contributed by atoms with Crippen LogP contribution >= 0.6 is 0 Å². The van der Waals surface area contributed by atoms with Gasteiger partial charge in [-0.25, -0.2) is 8.78 Å². The van der Waals surface area contributed by atoms with Gasteiger partial charge in [-0.3, -0.25) is 4.79 Å². The van der Waals surface area contributed by atoms with Crippen molar-refractivity contribution in [3.05, 3.63) is 64.9 Å². The van der Waals surface area contributed by atoms with Crippen LogP contribution in [0.4, 0.5) is 14.5 Å². The van der Waals surface area contributed by atoms with Crippen LogP contribution in [0.5, 0.6) is 0 Å². The van der Waals surface area contributed by atoms with Gasteiger partial charge < -0.3 is 15.2 Å². The maximum absolute atomic E-state index is 13.5. The van der Waals surface area contributed by atoms with Crippen molar-refractivity contribution in [2.45, 2.75) is 20.3 Å². The summed E-state index contributed by atoms with van der Waals surface area (Å²) < 4.78 is 26.6. The van der Waals surface area contributed by atoms with Crippen LogP contribution in [0, 0.1) is 31.4 Å². The summed E-state index contributed by atoms with van der Waals surface area (Å²) in [5.41, 5.74) is 4.49. The van der Waals surface area contributed by atoms with Gasteiger partial charge in [0.1, 0.15) is 5.69 Å². The molecule has 3 aromatic rings. The van der Waals surface area contributed by atoms with E-state index in [-0.39, 0.29) is 11.8 Å². The Kier molecular flexibility index (Phi) is 4.79. The summed E-state index contributed by atoms with van der Waals surface area (Å²) in [6.07, 6.45) is 0.893. The van der Waals surface area contributed by atoms with E-state index in [2.05, 4.69) is 16.4 Å². The third-order valence-electron chi connectivity index (χ3n) is 5.44. The molecule has 1 aromatic heterocycles. The Morgan fingerprint density at radius 1 is 1.18 bits per heavy atom. The lowest BCUT2D eigenvalue weighted by atomic mass is 10.1. The van der Waals surface area contributed by atoms with E-state index in [9.17, 15) is 13.6 Å². The number of hydrogen-bond donors (Lipinski definition) is 2. The molecule has 4 rings (SSSR count). The summed E-state index contributed by atoms with van der Waals surface area (Å²) in [4.78, 5) is 17.8. The number of nitrogens with one attached hydrogen (secondary N) is 2. The van der Waals surface area contributed by atoms with Gasteiger partial charge in [-0.1, -0.05) is 6.07 Å². The number of anilines is 1. The molecule has 1 atom stereocenters. The smallest absolute Gasteiger partial charge is 0.267 e. The lowest BCUT2D eigenvalue weighted by molar-refractivity contribution is 0.0944. The molecule has 1 fully saturated rings. The molecule has 28 heavy (non-hydrogen) atoms. The summed E-state index contributed by atoms with van der Waals surface area (Å²) in [5, 5.41) is 4.05. The van der Waals surface area contributed by atoms with Crippen molar-refractivity contribution < 1.29 is 13.6 Å². The fraction of sp³-hybridized carbons (Fsp3) is 0.318. The number of aromatic nitrogens is 1. The minimum Gasteiger partial charge on any atom is -0.371 e. The minimum absolute atomic E-state index is 0.125. The Labute approximate surface area is 162 Å². The van der Waals surface area contributed by atoms with Gasteiger partial charge in [0.25, 0.3) is 5.91 Å². The number of nitrogens with zero attached hydrogens (tertiary/aromatic N) is 1. The molecule has 1 saturated heterocycles. The zero-order valence-corrected chi connectivity index (χ0v) is 16.0. The third kappa shape index (κ3) is 3.59. The highest BCUT2D eigenvalue weighted by atomic mass is 19.2. The summed E-state index contributed by atoms with van der Waals surface area (Å²) in [6.45, 7) is 6.08. The van der Waals surface area contributed by atoms with Gasteiger partial charge in [0.05, 0.1) is 0 Å². The fourth-order valence-electron chi connectivity index (χ4n) is 3.97. The summed E-state index contributed by atoms with van der Waals surface area (Å²) in [5.74, 6) is -1.53. The van der Waals surface area contributed by atoms with Crippen LogP contribution in [0.15, 0.2) is 36.4 Å². The highest BCUT2D eigenvalue weighted by Gasteiger charge is 2.24. The van der Waals surface area contributed by atoms with E-state index in [1.165, 1.54) is 6.07 Å². The lowest BCUT2D eigenvalue weighted by Crippen LogP contribution is -2.31. The first-order valence-corrected chi connectivity index (χ1v) is 9.49. The largest absolute Gasteiger partial charge is 0.371 e. The van der Waals surface area contributed by atoms with Gasteiger partial charge in [-0.2, -0.15) is 0 Å². The zero-order chi connectivity index (χ0) is 19.8. The van der Waals surface area contributed by atoms with Crippen molar-refractivity contribution in [1.82, 2.24) is 10.3 Å². The van der Waals surface area contributed by atoms with Crippen molar-refractivity contribution in [2.24, 2.45) is 5.92 Å². The number of aromatic amines is 1. The first-order valence-electron chi connectivity index (χ1n) is 9.49. The van der Waals surface area contributed by atoms with Crippen LogP contribution in [0.2, 0.25) is 0 Å². The Bertz CT molecular complexity index is 1040. The van der Waals surface area contributed by atoms with Gasteiger partial charge in [0.15, 0.2) is 11.6 Å². The Hall–Kier alpha value is -2.89. The second kappa shape index (κ2) is 7.26. The second-order valence-electron chi connectivity index (χ2n) is 7.64. The normalized spacial score (nSPS) is 16.7. The maximum Gasteiger partial charge on any atom is 0.267 e. The number of carbonyl (C=O) groups excluding carboxylic acids is 1. The van der Waals surface area contributed by atoms with Gasteiger partial charge in [-0.05, 0) is 61.6 Å². The summed E-state index contributed by atoms with van der Waals surface area (Å²) in [7, 11) is 0. The van der Waals surface area contributed by atoms with E-state index in [1.807, 2.05) is 30.9 Å². The van der Waals surface area contributed by atoms with Crippen molar-refractivity contribution >= 4 is 22.5 Å². The highest BCUT2D eigenvalue weighted by Crippen LogP contribution is 2.25. The average Bonchev–Trinajstić information content (AvgIpc) is 3.29. The summed E-state index contributed by atoms with van der Waals surface area (Å²) >= 11 is 0. The Morgan fingerprint density at radius 3 is 2.79 bits per heavy atom. The number of amides is 1. The third-order valence-corrected chi connectivity index (χ3v) is 5.44. The molecule has 1 unspecified atom stereocenters. The van der Waals surface area contributed by atoms with Crippen LogP contribution in [0.1, 0.15) is 28.0 Å². The number of halogens is 2. The molecule has 6 heteroatoms. The van der Waals surface area contributed by atoms with E-state index >= 15 is 0 Å². The Balaban J connectivity index is 1.38. The molecular formula is C22H23F2N3O. The summed E-state index contributed by atoms with van der Waals surface area (Å²) in [6, 6.07) is 10.00. The monoisotopic (exact) mass is 383 g/mol. The van der Waals surface area contributed by atoms with E-state index in [4.69, 9.17) is 0 Å². The van der Waals surface area contributed by atoms with Crippen molar-refractivity contribution in [3.8, 4) is 0 Å². The second-order valence-corrected chi connectivity index (χ2v) is 7.64. The zero-order valence-electron chi connectivity index (χ0n) is 16.0. The minimum atomic E-state index is -0.837. The van der Waals surface area contributed by atoms with E-state index in [1.54, 1.807) is 6.07 Å². The van der Waals surface area contributed by atoms with E-state index < -0.39 is 11.6 Å². The van der Waals surface area contributed by atoms with E-state index in [0.717, 1.165) is 41.1 Å². The van der Waals surface area contributed by atoms with Gasteiger partial charge in [-0.15, -0.1) is 0 Å². The van der Waals surface area contributed by atoms with Crippen LogP contribution in [0.25, 0.3) is 10.9 Å². The predicted octanol–water partition coefficient (Wildman–Crippen LogP) is 4.32. The van der Waals surface area contributed by atoms with Gasteiger partial charge >= 0.3 is 0 Å². The average molecular weight is 383 g/mol.